The van der Waals surface area contributed by atoms with Crippen LogP contribution in [-0.4, -0.2) is 44.9 Å². The number of benzene rings is 1. The van der Waals surface area contributed by atoms with Crippen molar-refractivity contribution in [3.8, 4) is 11.1 Å². The van der Waals surface area contributed by atoms with Crippen LogP contribution >= 0.6 is 0 Å². The second-order valence-electron chi connectivity index (χ2n) is 9.65. The average molecular weight is 497 g/mol. The molecule has 8 heteroatoms. The molecule has 3 aromatic heterocycles. The predicted octanol–water partition coefficient (Wildman–Crippen LogP) is 5.88. The van der Waals surface area contributed by atoms with Gasteiger partial charge in [-0.1, -0.05) is 32.8 Å². The average Bonchev–Trinajstić information content (AvgIpc) is 3.62. The van der Waals surface area contributed by atoms with Crippen LogP contribution in [0.5, 0.6) is 0 Å². The van der Waals surface area contributed by atoms with Gasteiger partial charge in [0.15, 0.2) is 11.5 Å². The summed E-state index contributed by atoms with van der Waals surface area (Å²) in [6.07, 6.45) is 10.1. The van der Waals surface area contributed by atoms with E-state index < -0.39 is 0 Å². The first-order valence-corrected chi connectivity index (χ1v) is 13.0. The number of pyridine rings is 2. The lowest BCUT2D eigenvalue weighted by molar-refractivity contribution is 0.0953. The van der Waals surface area contributed by atoms with Crippen LogP contribution in [0.15, 0.2) is 55.0 Å². The molecule has 4 heterocycles. The Morgan fingerprint density at radius 2 is 1.81 bits per heavy atom. The molecule has 5 rings (SSSR count). The van der Waals surface area contributed by atoms with Gasteiger partial charge in [0.05, 0.1) is 29.3 Å². The largest absolute Gasteiger partial charge is 0.370 e. The number of Topliss-reactive ketones (excluding diaryl/α,β-unsaturated/α-hetero) is 1. The number of aromatic amines is 1. The molecule has 1 aliphatic heterocycles. The number of hydrogen-bond acceptors (Lipinski definition) is 6. The third kappa shape index (κ3) is 5.38. The van der Waals surface area contributed by atoms with Crippen molar-refractivity contribution >= 4 is 34.0 Å². The van der Waals surface area contributed by atoms with Gasteiger partial charge in [-0.3, -0.25) is 24.7 Å². The second kappa shape index (κ2) is 10.9. The van der Waals surface area contributed by atoms with Crippen LogP contribution in [0.3, 0.4) is 0 Å². The number of rotatable bonds is 9. The molecule has 0 atom stereocenters. The number of H-pyrrole nitrogens is 1. The minimum Gasteiger partial charge on any atom is -0.370 e. The van der Waals surface area contributed by atoms with Crippen molar-refractivity contribution in [1.82, 2.24) is 20.2 Å². The van der Waals surface area contributed by atoms with Gasteiger partial charge >= 0.3 is 0 Å². The third-order valence-corrected chi connectivity index (χ3v) is 7.24. The zero-order valence-corrected chi connectivity index (χ0v) is 21.3. The summed E-state index contributed by atoms with van der Waals surface area (Å²) in [5.74, 6) is 0.0518. The number of nitrogens with one attached hydrogen (secondary N) is 2. The SMILES string of the molecule is CCC(CC)CC(=O)c1ccc(NC(=O)c2n[nH]c3ccc(-c4cncc(N5CCCC5)c4)cc23)cn1. The highest BCUT2D eigenvalue weighted by Crippen LogP contribution is 2.29. The van der Waals surface area contributed by atoms with E-state index in [2.05, 4.69) is 50.3 Å². The molecule has 4 aromatic rings. The van der Waals surface area contributed by atoms with E-state index in [1.54, 1.807) is 12.1 Å². The van der Waals surface area contributed by atoms with Gasteiger partial charge in [0.25, 0.3) is 5.91 Å². The highest BCUT2D eigenvalue weighted by Gasteiger charge is 2.18. The number of carbonyl (C=O) groups excluding carboxylic acids is 2. The van der Waals surface area contributed by atoms with Crippen molar-refractivity contribution in [3.05, 3.63) is 66.4 Å². The summed E-state index contributed by atoms with van der Waals surface area (Å²) in [6, 6.07) is 11.4. The number of carbonyl (C=O) groups is 2. The van der Waals surface area contributed by atoms with Crippen molar-refractivity contribution in [2.45, 2.75) is 46.0 Å². The van der Waals surface area contributed by atoms with Gasteiger partial charge in [-0.15, -0.1) is 0 Å². The number of ketones is 1. The minimum absolute atomic E-state index is 0.0284. The van der Waals surface area contributed by atoms with Gasteiger partial charge < -0.3 is 10.2 Å². The Bertz CT molecular complexity index is 1400. The molecule has 0 saturated carbocycles. The predicted molar refractivity (Wildman–Crippen MR) is 146 cm³/mol. The van der Waals surface area contributed by atoms with Crippen LogP contribution in [0.1, 0.15) is 66.9 Å². The molecular weight excluding hydrogens is 464 g/mol. The van der Waals surface area contributed by atoms with Gasteiger partial charge in [0, 0.05) is 36.7 Å². The Balaban J connectivity index is 1.33. The molecule has 1 saturated heterocycles. The zero-order valence-electron chi connectivity index (χ0n) is 21.3. The standard InChI is InChI=1S/C29H32N6O2/c1-3-19(4-2)13-27(36)26-10-8-22(17-31-26)32-29(37)28-24-15-20(7-9-25(24)33-34-28)21-14-23(18-30-16-21)35-11-5-6-12-35/h7-10,14-19H,3-6,11-13H2,1-2H3,(H,32,37)(H,33,34). The van der Waals surface area contributed by atoms with Crippen LogP contribution in [0, 0.1) is 5.92 Å². The highest BCUT2D eigenvalue weighted by molar-refractivity contribution is 6.11. The Morgan fingerprint density at radius 1 is 1.00 bits per heavy atom. The number of nitrogens with zero attached hydrogens (tertiary/aromatic N) is 4. The maximum absolute atomic E-state index is 13.1. The van der Waals surface area contributed by atoms with Gasteiger partial charge in [0.1, 0.15) is 5.69 Å². The summed E-state index contributed by atoms with van der Waals surface area (Å²) in [5.41, 5.74) is 5.10. The van der Waals surface area contributed by atoms with E-state index in [0.29, 0.717) is 29.4 Å². The maximum Gasteiger partial charge on any atom is 0.276 e. The molecule has 0 radical (unpaired) electrons. The molecule has 37 heavy (non-hydrogen) atoms. The normalized spacial score (nSPS) is 13.4. The molecular formula is C29H32N6O2. The zero-order chi connectivity index (χ0) is 25.8. The van der Waals surface area contributed by atoms with Gasteiger partial charge in [-0.2, -0.15) is 5.10 Å². The summed E-state index contributed by atoms with van der Waals surface area (Å²) in [4.78, 5) is 36.7. The fourth-order valence-corrected chi connectivity index (χ4v) is 4.87. The summed E-state index contributed by atoms with van der Waals surface area (Å²) < 4.78 is 0. The summed E-state index contributed by atoms with van der Waals surface area (Å²) >= 11 is 0. The van der Waals surface area contributed by atoms with Crippen LogP contribution in [-0.2, 0) is 0 Å². The first-order chi connectivity index (χ1) is 18.1. The van der Waals surface area contributed by atoms with Crippen molar-refractivity contribution in [2.24, 2.45) is 5.92 Å². The van der Waals surface area contributed by atoms with E-state index in [1.807, 2.05) is 30.6 Å². The van der Waals surface area contributed by atoms with Crippen molar-refractivity contribution in [1.29, 1.82) is 0 Å². The number of aromatic nitrogens is 4. The Kier molecular flexibility index (Phi) is 7.25. The van der Waals surface area contributed by atoms with E-state index in [4.69, 9.17) is 0 Å². The van der Waals surface area contributed by atoms with Crippen LogP contribution in [0.25, 0.3) is 22.0 Å². The maximum atomic E-state index is 13.1. The van der Waals surface area contributed by atoms with Crippen molar-refractivity contribution in [3.63, 3.8) is 0 Å². The van der Waals surface area contributed by atoms with E-state index >= 15 is 0 Å². The summed E-state index contributed by atoms with van der Waals surface area (Å²) in [6.45, 7) is 6.30. The first-order valence-electron chi connectivity index (χ1n) is 13.0. The van der Waals surface area contributed by atoms with Crippen LogP contribution in [0.2, 0.25) is 0 Å². The van der Waals surface area contributed by atoms with E-state index in [0.717, 1.165) is 53.6 Å². The van der Waals surface area contributed by atoms with E-state index in [1.165, 1.54) is 19.0 Å². The molecule has 0 unspecified atom stereocenters. The fraction of sp³-hybridized carbons (Fsp3) is 0.345. The molecule has 1 fully saturated rings. The number of amides is 1. The van der Waals surface area contributed by atoms with Gasteiger partial charge in [0.2, 0.25) is 0 Å². The Hall–Kier alpha value is -4.07. The third-order valence-electron chi connectivity index (χ3n) is 7.24. The van der Waals surface area contributed by atoms with E-state index in [9.17, 15) is 9.59 Å². The lowest BCUT2D eigenvalue weighted by Gasteiger charge is -2.17. The first kappa shape index (κ1) is 24.6. The van der Waals surface area contributed by atoms with Crippen LogP contribution < -0.4 is 10.2 Å². The monoisotopic (exact) mass is 496 g/mol. The quantitative estimate of drug-likeness (QED) is 0.280. The van der Waals surface area contributed by atoms with Gasteiger partial charge in [-0.05, 0) is 54.7 Å². The molecule has 2 N–H and O–H groups in total. The summed E-state index contributed by atoms with van der Waals surface area (Å²) in [7, 11) is 0. The Morgan fingerprint density at radius 3 is 2.54 bits per heavy atom. The highest BCUT2D eigenvalue weighted by atomic mass is 16.2. The molecule has 190 valence electrons. The minimum atomic E-state index is -0.342. The molecule has 1 aromatic carbocycles. The van der Waals surface area contributed by atoms with Crippen molar-refractivity contribution in [2.75, 3.05) is 23.3 Å². The lowest BCUT2D eigenvalue weighted by Crippen LogP contribution is -2.17. The summed E-state index contributed by atoms with van der Waals surface area (Å²) in [5, 5.41) is 10.8. The molecule has 0 bridgehead atoms. The second-order valence-corrected chi connectivity index (χ2v) is 9.65. The molecule has 8 nitrogen and oxygen atoms in total. The number of fused-ring (bicyclic) bond motifs is 1. The molecule has 0 spiro atoms. The molecule has 1 aliphatic rings. The lowest BCUT2D eigenvalue weighted by atomic mass is 9.96. The smallest absolute Gasteiger partial charge is 0.276 e. The van der Waals surface area contributed by atoms with Gasteiger partial charge in [-0.25, -0.2) is 0 Å². The number of anilines is 2. The Labute approximate surface area is 216 Å². The molecule has 1 amide bonds. The number of hydrogen-bond donors (Lipinski definition) is 2. The topological polar surface area (TPSA) is 104 Å². The van der Waals surface area contributed by atoms with Crippen molar-refractivity contribution < 1.29 is 9.59 Å². The molecule has 0 aliphatic carbocycles. The fourth-order valence-electron chi connectivity index (χ4n) is 4.87. The van der Waals surface area contributed by atoms with Crippen LogP contribution in [0.4, 0.5) is 11.4 Å². The van der Waals surface area contributed by atoms with E-state index in [-0.39, 0.29) is 11.7 Å².